The smallest absolute Gasteiger partial charge is 0.348 e. The van der Waals surface area contributed by atoms with E-state index in [2.05, 4.69) is 15.0 Å². The SMILES string of the molecule is O=C(O)Cc1cc(O)c(-c2nc(-c3cc(O)cc(O)c3)nc(=O)[nH]2)cc1O. The number of hydrogen-bond acceptors (Lipinski definition) is 8. The van der Waals surface area contributed by atoms with Gasteiger partial charge in [-0.2, -0.15) is 4.98 Å². The van der Waals surface area contributed by atoms with Crippen molar-refractivity contribution in [3.8, 4) is 45.8 Å². The Balaban J connectivity index is 2.13. The summed E-state index contributed by atoms with van der Waals surface area (Å²) in [6, 6.07) is 5.66. The predicted octanol–water partition coefficient (Wildman–Crippen LogP) is 0.948. The van der Waals surface area contributed by atoms with Crippen LogP contribution < -0.4 is 5.69 Å². The van der Waals surface area contributed by atoms with Gasteiger partial charge in [-0.15, -0.1) is 0 Å². The van der Waals surface area contributed by atoms with Crippen molar-refractivity contribution in [1.29, 1.82) is 0 Å². The van der Waals surface area contributed by atoms with E-state index in [1.807, 2.05) is 0 Å². The van der Waals surface area contributed by atoms with Gasteiger partial charge in [-0.1, -0.05) is 0 Å². The Morgan fingerprint density at radius 3 is 2.22 bits per heavy atom. The fourth-order valence-corrected chi connectivity index (χ4v) is 2.48. The molecule has 6 N–H and O–H groups in total. The van der Waals surface area contributed by atoms with Crippen molar-refractivity contribution in [2.45, 2.75) is 6.42 Å². The van der Waals surface area contributed by atoms with Crippen LogP contribution in [0.4, 0.5) is 0 Å². The molecule has 0 unspecified atom stereocenters. The van der Waals surface area contributed by atoms with E-state index in [1.54, 1.807) is 0 Å². The number of H-pyrrole nitrogens is 1. The summed E-state index contributed by atoms with van der Waals surface area (Å²) >= 11 is 0. The van der Waals surface area contributed by atoms with E-state index in [0.29, 0.717) is 0 Å². The number of carbonyl (C=O) groups is 1. The molecule has 10 heteroatoms. The minimum Gasteiger partial charge on any atom is -0.508 e. The summed E-state index contributed by atoms with van der Waals surface area (Å²) in [5, 5.41) is 48.1. The van der Waals surface area contributed by atoms with Crippen LogP contribution in [0, 0.1) is 0 Å². The van der Waals surface area contributed by atoms with Gasteiger partial charge in [-0.3, -0.25) is 9.78 Å². The van der Waals surface area contributed by atoms with E-state index in [4.69, 9.17) is 5.11 Å². The van der Waals surface area contributed by atoms with Gasteiger partial charge < -0.3 is 25.5 Å². The molecule has 2 aromatic carbocycles. The highest BCUT2D eigenvalue weighted by atomic mass is 16.4. The van der Waals surface area contributed by atoms with E-state index in [0.717, 1.165) is 18.2 Å². The third-order valence-corrected chi connectivity index (χ3v) is 3.60. The van der Waals surface area contributed by atoms with Crippen molar-refractivity contribution in [2.24, 2.45) is 0 Å². The molecule has 0 aliphatic carbocycles. The first kappa shape index (κ1) is 17.7. The Bertz CT molecular complexity index is 1090. The second-order valence-corrected chi connectivity index (χ2v) is 5.63. The van der Waals surface area contributed by atoms with E-state index in [-0.39, 0.29) is 39.8 Å². The topological polar surface area (TPSA) is 177 Å². The molecule has 1 aromatic heterocycles. The highest BCUT2D eigenvalue weighted by molar-refractivity contribution is 5.75. The lowest BCUT2D eigenvalue weighted by molar-refractivity contribution is -0.136. The lowest BCUT2D eigenvalue weighted by Crippen LogP contribution is -2.14. The Hall–Kier alpha value is -4.08. The van der Waals surface area contributed by atoms with Gasteiger partial charge in [0.15, 0.2) is 5.82 Å². The number of aromatic hydroxyl groups is 4. The van der Waals surface area contributed by atoms with E-state index < -0.39 is 29.6 Å². The molecule has 0 radical (unpaired) electrons. The summed E-state index contributed by atoms with van der Waals surface area (Å²) in [7, 11) is 0. The molecule has 0 atom stereocenters. The van der Waals surface area contributed by atoms with Crippen LogP contribution in [0.5, 0.6) is 23.0 Å². The second kappa shape index (κ2) is 6.67. The molecule has 27 heavy (non-hydrogen) atoms. The molecule has 1 heterocycles. The molecule has 3 aromatic rings. The first-order valence-electron chi connectivity index (χ1n) is 7.51. The molecule has 0 aliphatic heterocycles. The van der Waals surface area contributed by atoms with Gasteiger partial charge in [0.25, 0.3) is 0 Å². The average molecular weight is 371 g/mol. The maximum atomic E-state index is 11.9. The minimum atomic E-state index is -1.20. The van der Waals surface area contributed by atoms with Crippen LogP contribution in [-0.4, -0.2) is 46.5 Å². The molecular weight excluding hydrogens is 358 g/mol. The molecule has 0 bridgehead atoms. The number of aromatic nitrogens is 3. The number of nitrogens with zero attached hydrogens (tertiary/aromatic N) is 2. The molecular formula is C17H13N3O7. The van der Waals surface area contributed by atoms with Gasteiger partial charge in [0.1, 0.15) is 28.8 Å². The molecule has 0 saturated heterocycles. The summed E-state index contributed by atoms with van der Waals surface area (Å²) in [5.74, 6) is -2.85. The zero-order valence-corrected chi connectivity index (χ0v) is 13.5. The van der Waals surface area contributed by atoms with Gasteiger partial charge in [0, 0.05) is 17.2 Å². The van der Waals surface area contributed by atoms with E-state index in [1.165, 1.54) is 12.1 Å². The van der Waals surface area contributed by atoms with Gasteiger partial charge in [-0.05, 0) is 24.3 Å². The normalized spacial score (nSPS) is 10.7. The Kier molecular flexibility index (Phi) is 4.38. The number of carboxylic acid groups (broad SMARTS) is 1. The molecule has 0 aliphatic rings. The highest BCUT2D eigenvalue weighted by Crippen LogP contribution is 2.34. The number of phenols is 4. The van der Waals surface area contributed by atoms with Crippen LogP contribution in [-0.2, 0) is 11.2 Å². The molecule has 0 amide bonds. The summed E-state index contributed by atoms with van der Waals surface area (Å²) in [5.41, 5.74) is -0.762. The fraction of sp³-hybridized carbons (Fsp3) is 0.0588. The molecule has 138 valence electrons. The minimum absolute atomic E-state index is 0.0155. The Morgan fingerprint density at radius 1 is 0.926 bits per heavy atom. The predicted molar refractivity (Wildman–Crippen MR) is 91.5 cm³/mol. The number of aromatic amines is 1. The quantitative estimate of drug-likeness (QED) is 0.364. The van der Waals surface area contributed by atoms with Crippen molar-refractivity contribution in [1.82, 2.24) is 15.0 Å². The first-order chi connectivity index (χ1) is 12.7. The number of benzene rings is 2. The van der Waals surface area contributed by atoms with Crippen LogP contribution in [0.3, 0.4) is 0 Å². The van der Waals surface area contributed by atoms with Crippen LogP contribution in [0.1, 0.15) is 5.56 Å². The van der Waals surface area contributed by atoms with Crippen LogP contribution in [0.2, 0.25) is 0 Å². The van der Waals surface area contributed by atoms with Crippen molar-refractivity contribution in [3.05, 3.63) is 46.4 Å². The Labute approximate surface area is 150 Å². The lowest BCUT2D eigenvalue weighted by Gasteiger charge is -2.09. The molecule has 10 nitrogen and oxygen atoms in total. The van der Waals surface area contributed by atoms with Gasteiger partial charge in [-0.25, -0.2) is 9.78 Å². The third kappa shape index (κ3) is 3.79. The van der Waals surface area contributed by atoms with Gasteiger partial charge in [0.2, 0.25) is 0 Å². The number of nitrogens with one attached hydrogen (secondary N) is 1. The zero-order valence-electron chi connectivity index (χ0n) is 13.5. The number of hydrogen-bond donors (Lipinski definition) is 6. The summed E-state index contributed by atoms with van der Waals surface area (Å²) in [6.45, 7) is 0. The average Bonchev–Trinajstić information content (AvgIpc) is 2.56. The highest BCUT2D eigenvalue weighted by Gasteiger charge is 2.16. The molecule has 3 rings (SSSR count). The Morgan fingerprint density at radius 2 is 1.59 bits per heavy atom. The number of aliphatic carboxylic acids is 1. The molecule has 0 fully saturated rings. The fourth-order valence-electron chi connectivity index (χ4n) is 2.48. The number of rotatable bonds is 4. The zero-order chi connectivity index (χ0) is 19.7. The lowest BCUT2D eigenvalue weighted by atomic mass is 10.1. The number of carboxylic acids is 1. The maximum absolute atomic E-state index is 11.9. The first-order valence-corrected chi connectivity index (χ1v) is 7.51. The van der Waals surface area contributed by atoms with E-state index in [9.17, 15) is 30.0 Å². The van der Waals surface area contributed by atoms with Gasteiger partial charge >= 0.3 is 11.7 Å². The van der Waals surface area contributed by atoms with Crippen LogP contribution >= 0.6 is 0 Å². The van der Waals surface area contributed by atoms with Crippen molar-refractivity contribution in [2.75, 3.05) is 0 Å². The summed E-state index contributed by atoms with van der Waals surface area (Å²) < 4.78 is 0. The van der Waals surface area contributed by atoms with Crippen molar-refractivity contribution >= 4 is 5.97 Å². The maximum Gasteiger partial charge on any atom is 0.348 e. The van der Waals surface area contributed by atoms with Gasteiger partial charge in [0.05, 0.1) is 12.0 Å². The number of phenolic OH excluding ortho intramolecular Hbond substituents is 4. The van der Waals surface area contributed by atoms with Crippen LogP contribution in [0.25, 0.3) is 22.8 Å². The summed E-state index contributed by atoms with van der Waals surface area (Å²) in [6.07, 6.45) is -0.506. The standard InChI is InChI=1S/C17H13N3O7/c21-9-1-8(2-10(22)5-9)15-18-16(20-17(27)19-15)11-6-12(23)7(3-13(11)24)4-14(25)26/h1-3,5-6,21-24H,4H2,(H,25,26)(H,18,19,20,27). The monoisotopic (exact) mass is 371 g/mol. The largest absolute Gasteiger partial charge is 0.508 e. The van der Waals surface area contributed by atoms with Crippen LogP contribution in [0.15, 0.2) is 35.1 Å². The molecule has 0 saturated carbocycles. The van der Waals surface area contributed by atoms with E-state index >= 15 is 0 Å². The third-order valence-electron chi connectivity index (χ3n) is 3.60. The molecule has 0 spiro atoms. The van der Waals surface area contributed by atoms with Crippen molar-refractivity contribution < 1.29 is 30.3 Å². The van der Waals surface area contributed by atoms with Crippen molar-refractivity contribution in [3.63, 3.8) is 0 Å². The second-order valence-electron chi connectivity index (χ2n) is 5.63. The summed E-state index contributed by atoms with van der Waals surface area (Å²) in [4.78, 5) is 32.7.